The number of nitrogens with zero attached hydrogens (tertiary/aromatic N) is 3. The molecule has 0 saturated carbocycles. The molecule has 1 unspecified atom stereocenters. The quantitative estimate of drug-likeness (QED) is 0.390. The van der Waals surface area contributed by atoms with Crippen LogP contribution in [0, 0.1) is 5.82 Å². The lowest BCUT2D eigenvalue weighted by molar-refractivity contribution is -0.125. The maximum Gasteiger partial charge on any atom is 0.272 e. The Morgan fingerprint density at radius 1 is 1.11 bits per heavy atom. The third kappa shape index (κ3) is 5.62. The van der Waals surface area contributed by atoms with E-state index in [1.165, 1.54) is 0 Å². The van der Waals surface area contributed by atoms with Gasteiger partial charge in [-0.25, -0.2) is 9.38 Å². The van der Waals surface area contributed by atoms with Crippen molar-refractivity contribution in [3.63, 3.8) is 0 Å². The summed E-state index contributed by atoms with van der Waals surface area (Å²) in [7, 11) is 1.98. The van der Waals surface area contributed by atoms with E-state index in [-0.39, 0.29) is 17.8 Å². The molecular weight excluding hydrogens is 473 g/mol. The minimum atomic E-state index is -0.208. The van der Waals surface area contributed by atoms with Crippen molar-refractivity contribution in [2.24, 2.45) is 4.99 Å². The zero-order chi connectivity index (χ0) is 27.4. The molecule has 2 aliphatic rings. The Labute approximate surface area is 227 Å². The third-order valence-electron chi connectivity index (χ3n) is 8.19. The van der Waals surface area contributed by atoms with E-state index < -0.39 is 0 Å². The highest BCUT2D eigenvalue weighted by Crippen LogP contribution is 2.33. The van der Waals surface area contributed by atoms with E-state index >= 15 is 4.39 Å². The van der Waals surface area contributed by atoms with Gasteiger partial charge < -0.3 is 9.80 Å². The van der Waals surface area contributed by atoms with Crippen molar-refractivity contribution in [3.8, 4) is 0 Å². The summed E-state index contributed by atoms with van der Waals surface area (Å²) in [4.78, 5) is 22.6. The molecule has 1 fully saturated rings. The number of rotatable bonds is 6. The number of carbonyl (C=O) groups is 1. The van der Waals surface area contributed by atoms with Crippen molar-refractivity contribution in [2.75, 3.05) is 13.6 Å². The summed E-state index contributed by atoms with van der Waals surface area (Å²) < 4.78 is 16.1. The summed E-state index contributed by atoms with van der Waals surface area (Å²) in [5.41, 5.74) is 5.09. The molecule has 0 bridgehead atoms. The highest BCUT2D eigenvalue weighted by atomic mass is 19.1. The molecule has 202 valence electrons. The van der Waals surface area contributed by atoms with Crippen LogP contribution in [0.5, 0.6) is 0 Å². The van der Waals surface area contributed by atoms with Crippen LogP contribution in [0.1, 0.15) is 84.3 Å². The van der Waals surface area contributed by atoms with Crippen LogP contribution in [0.2, 0.25) is 0 Å². The van der Waals surface area contributed by atoms with Crippen LogP contribution in [-0.2, 0) is 11.2 Å². The Kier molecular flexibility index (Phi) is 8.86. The third-order valence-corrected chi connectivity index (χ3v) is 8.19. The lowest BCUT2D eigenvalue weighted by atomic mass is 9.94. The van der Waals surface area contributed by atoms with Gasteiger partial charge in [-0.05, 0) is 80.7 Å². The maximum absolute atomic E-state index is 16.1. The molecule has 1 atom stereocenters. The van der Waals surface area contributed by atoms with Crippen LogP contribution in [0.15, 0.2) is 64.6 Å². The van der Waals surface area contributed by atoms with Crippen LogP contribution in [0.25, 0.3) is 16.3 Å². The van der Waals surface area contributed by atoms with E-state index in [0.29, 0.717) is 22.5 Å². The number of benzene rings is 2. The largest absolute Gasteiger partial charge is 0.335 e. The zero-order valence-electron chi connectivity index (χ0n) is 23.9. The predicted octanol–water partition coefficient (Wildman–Crippen LogP) is 8.04. The Balaban J connectivity index is 1.82. The number of fused-ring (bicyclic) bond motifs is 1. The van der Waals surface area contributed by atoms with Crippen LogP contribution in [0.4, 0.5) is 4.39 Å². The van der Waals surface area contributed by atoms with Gasteiger partial charge in [-0.3, -0.25) is 4.79 Å². The topological polar surface area (TPSA) is 35.9 Å². The fraction of sp³-hybridized carbons (Fsp3) is 0.455. The molecule has 2 aliphatic heterocycles. The number of halogens is 1. The lowest BCUT2D eigenvalue weighted by Gasteiger charge is -2.31. The molecule has 38 heavy (non-hydrogen) atoms. The second-order valence-electron chi connectivity index (χ2n) is 10.6. The van der Waals surface area contributed by atoms with Crippen molar-refractivity contribution < 1.29 is 9.18 Å². The Hall–Kier alpha value is -3.21. The fourth-order valence-corrected chi connectivity index (χ4v) is 5.44. The van der Waals surface area contributed by atoms with Gasteiger partial charge in [0.25, 0.3) is 5.91 Å². The van der Waals surface area contributed by atoms with Gasteiger partial charge in [0.1, 0.15) is 17.3 Å². The van der Waals surface area contributed by atoms with Crippen LogP contribution < -0.4 is 0 Å². The van der Waals surface area contributed by atoms with Crippen molar-refractivity contribution in [2.45, 2.75) is 85.6 Å². The standard InChI is InChI=1S/C33H42FN3O/c1-7-22(4)28(27-17-16-25-15-14-24(8-2)19-29(25)32(27)34)21-31-35-30(20-26(9-3)36(31)6)33(38)37-18-12-10-11-13-23(37)5/h14-17,19-21,23H,7-13,18H2,1-6H3/b28-22+,31-21-. The first-order chi connectivity index (χ1) is 18.3. The monoisotopic (exact) mass is 515 g/mol. The van der Waals surface area contributed by atoms with E-state index in [1.54, 1.807) is 0 Å². The van der Waals surface area contributed by atoms with Crippen molar-refractivity contribution in [1.82, 2.24) is 9.80 Å². The summed E-state index contributed by atoms with van der Waals surface area (Å²) in [5, 5.41) is 1.54. The van der Waals surface area contributed by atoms with Crippen LogP contribution in [-0.4, -0.2) is 41.1 Å². The van der Waals surface area contributed by atoms with Gasteiger partial charge in [-0.15, -0.1) is 0 Å². The van der Waals surface area contributed by atoms with Crippen molar-refractivity contribution in [1.29, 1.82) is 0 Å². The van der Waals surface area contributed by atoms with Gasteiger partial charge in [-0.1, -0.05) is 63.5 Å². The normalized spacial score (nSPS) is 20.3. The first-order valence-electron chi connectivity index (χ1n) is 14.3. The number of amides is 1. The number of aliphatic imine (C=N–C) groups is 1. The second-order valence-corrected chi connectivity index (χ2v) is 10.6. The molecule has 0 aliphatic carbocycles. The number of hydrogen-bond acceptors (Lipinski definition) is 3. The summed E-state index contributed by atoms with van der Waals surface area (Å²) in [5.74, 6) is 0.451. The molecule has 1 amide bonds. The summed E-state index contributed by atoms with van der Waals surface area (Å²) in [6.07, 6.45) is 10.7. The average molecular weight is 516 g/mol. The zero-order valence-corrected chi connectivity index (χ0v) is 23.9. The second kappa shape index (κ2) is 12.1. The number of hydrogen-bond donors (Lipinski definition) is 0. The molecule has 2 aromatic rings. The van der Waals surface area contributed by atoms with Gasteiger partial charge >= 0.3 is 0 Å². The SMILES string of the molecule is CCC1=CC(C(=O)N2CCCCCC2C)=N/C(=C/C(=C(/C)CC)c2ccc3ccc(CC)cc3c2F)N1C. The molecule has 2 heterocycles. The highest BCUT2D eigenvalue weighted by Gasteiger charge is 2.28. The molecule has 5 heteroatoms. The van der Waals surface area contributed by atoms with Gasteiger partial charge in [0.15, 0.2) is 0 Å². The molecule has 0 spiro atoms. The summed E-state index contributed by atoms with van der Waals surface area (Å²) in [6, 6.07) is 10.1. The number of allylic oxidation sites excluding steroid dienone is 4. The van der Waals surface area contributed by atoms with Gasteiger partial charge in [-0.2, -0.15) is 0 Å². The molecule has 1 saturated heterocycles. The molecule has 4 rings (SSSR count). The van der Waals surface area contributed by atoms with E-state index in [2.05, 4.69) is 33.8 Å². The van der Waals surface area contributed by atoms with E-state index in [4.69, 9.17) is 4.99 Å². The van der Waals surface area contributed by atoms with Crippen LogP contribution >= 0.6 is 0 Å². The van der Waals surface area contributed by atoms with Crippen LogP contribution in [0.3, 0.4) is 0 Å². The van der Waals surface area contributed by atoms with E-state index in [9.17, 15) is 4.79 Å². The maximum atomic E-state index is 16.1. The molecule has 0 N–H and O–H groups in total. The Bertz CT molecular complexity index is 1330. The van der Waals surface area contributed by atoms with Crippen molar-refractivity contribution in [3.05, 3.63) is 76.5 Å². The van der Waals surface area contributed by atoms with Gasteiger partial charge in [0.05, 0.1) is 0 Å². The first kappa shape index (κ1) is 27.8. The summed E-state index contributed by atoms with van der Waals surface area (Å²) >= 11 is 0. The lowest BCUT2D eigenvalue weighted by Crippen LogP contribution is -2.43. The first-order valence-corrected chi connectivity index (χ1v) is 14.3. The van der Waals surface area contributed by atoms with Gasteiger partial charge in [0.2, 0.25) is 0 Å². The number of aryl methyl sites for hydroxylation is 1. The Morgan fingerprint density at radius 2 is 1.87 bits per heavy atom. The highest BCUT2D eigenvalue weighted by molar-refractivity contribution is 6.43. The molecule has 0 aromatic heterocycles. The van der Waals surface area contributed by atoms with Crippen molar-refractivity contribution >= 4 is 28.0 Å². The minimum Gasteiger partial charge on any atom is -0.335 e. The number of carbonyl (C=O) groups excluding carboxylic acids is 1. The smallest absolute Gasteiger partial charge is 0.272 e. The molecule has 4 nitrogen and oxygen atoms in total. The summed E-state index contributed by atoms with van der Waals surface area (Å²) in [6.45, 7) is 11.2. The minimum absolute atomic E-state index is 0.00827. The Morgan fingerprint density at radius 3 is 2.58 bits per heavy atom. The van der Waals surface area contributed by atoms with Gasteiger partial charge in [0, 0.05) is 36.3 Å². The molecule has 0 radical (unpaired) electrons. The number of likely N-dealkylation sites (tertiary alicyclic amines) is 1. The molecule has 2 aromatic carbocycles. The average Bonchev–Trinajstić information content (AvgIpc) is 3.16. The predicted molar refractivity (Wildman–Crippen MR) is 157 cm³/mol. The van der Waals surface area contributed by atoms with E-state index in [1.807, 2.05) is 60.2 Å². The fourth-order valence-electron chi connectivity index (χ4n) is 5.44. The van der Waals surface area contributed by atoms with E-state index in [0.717, 1.165) is 79.3 Å². The molecular formula is C33H42FN3O.